The van der Waals surface area contributed by atoms with E-state index in [-0.39, 0.29) is 6.61 Å². The second-order valence-electron chi connectivity index (χ2n) is 6.26. The maximum absolute atomic E-state index is 12.2. The molecule has 28 heavy (non-hydrogen) atoms. The van der Waals surface area contributed by atoms with E-state index in [2.05, 4.69) is 32.6 Å². The van der Waals surface area contributed by atoms with Gasteiger partial charge in [-0.3, -0.25) is 10.3 Å². The minimum absolute atomic E-state index is 0.307. The zero-order valence-corrected chi connectivity index (χ0v) is 15.9. The van der Waals surface area contributed by atoms with Gasteiger partial charge in [-0.05, 0) is 48.8 Å². The highest BCUT2D eigenvalue weighted by molar-refractivity contribution is 7.10. The molecule has 0 radical (unpaired) electrons. The lowest BCUT2D eigenvalue weighted by Gasteiger charge is -2.18. The first-order valence-corrected chi connectivity index (χ1v) is 9.71. The van der Waals surface area contributed by atoms with Crippen molar-refractivity contribution in [3.63, 3.8) is 0 Å². The molecule has 1 aliphatic rings. The number of aliphatic hydroxyl groups excluding tert-OH is 1. The fourth-order valence-electron chi connectivity index (χ4n) is 3.06. The van der Waals surface area contributed by atoms with Crippen molar-refractivity contribution in [1.82, 2.24) is 15.3 Å². The molecule has 2 amide bonds. The van der Waals surface area contributed by atoms with Crippen LogP contribution in [-0.2, 0) is 0 Å². The number of amides is 2. The van der Waals surface area contributed by atoms with E-state index in [1.165, 1.54) is 11.3 Å². The van der Waals surface area contributed by atoms with Crippen LogP contribution in [-0.4, -0.2) is 27.7 Å². The average molecular weight is 393 g/mol. The van der Waals surface area contributed by atoms with Crippen molar-refractivity contribution in [3.05, 3.63) is 45.5 Å². The predicted molar refractivity (Wildman–Crippen MR) is 107 cm³/mol. The van der Waals surface area contributed by atoms with Crippen LogP contribution in [0.4, 0.5) is 10.6 Å². The Balaban J connectivity index is 1.69. The number of rotatable bonds is 5. The van der Waals surface area contributed by atoms with Crippen LogP contribution in [0.15, 0.2) is 29.3 Å². The first-order valence-electron chi connectivity index (χ1n) is 8.83. The molecule has 0 aromatic carbocycles. The monoisotopic (exact) mass is 393 g/mol. The third kappa shape index (κ3) is 4.55. The van der Waals surface area contributed by atoms with E-state index in [1.54, 1.807) is 17.6 Å². The molecular weight excluding hydrogens is 374 g/mol. The quantitative estimate of drug-likeness (QED) is 0.676. The van der Waals surface area contributed by atoms with Gasteiger partial charge in [0.15, 0.2) is 5.01 Å². The third-order valence-electron chi connectivity index (χ3n) is 4.45. The lowest BCUT2D eigenvalue weighted by Crippen LogP contribution is -2.34. The number of nitrogens with zero attached hydrogens (tertiary/aromatic N) is 3. The van der Waals surface area contributed by atoms with E-state index in [9.17, 15) is 15.2 Å². The predicted octanol–water partition coefficient (Wildman–Crippen LogP) is 3.23. The van der Waals surface area contributed by atoms with Crippen LogP contribution >= 0.6 is 11.3 Å². The summed E-state index contributed by atoms with van der Waals surface area (Å²) >= 11 is 1.25. The number of carbonyl (C=O) groups excluding carboxylic acids is 1. The Hall–Kier alpha value is -3.20. The molecule has 0 saturated carbocycles. The topological polar surface area (TPSA) is 111 Å². The number of carbonyl (C=O) groups is 1. The molecular formula is C20H19N5O2S. The molecule has 0 spiro atoms. The molecule has 7 nitrogen and oxygen atoms in total. The molecule has 0 aliphatic heterocycles. The summed E-state index contributed by atoms with van der Waals surface area (Å²) in [6.07, 6.45) is 10.7. The molecule has 2 heterocycles. The summed E-state index contributed by atoms with van der Waals surface area (Å²) in [4.78, 5) is 20.6. The number of thiazole rings is 1. The summed E-state index contributed by atoms with van der Waals surface area (Å²) in [7, 11) is 0. The largest absolute Gasteiger partial charge is 0.394 e. The number of terminal acetylenes is 1. The van der Waals surface area contributed by atoms with Crippen molar-refractivity contribution in [2.75, 3.05) is 11.9 Å². The van der Waals surface area contributed by atoms with E-state index in [0.717, 1.165) is 42.4 Å². The number of hydrogen-bond acceptors (Lipinski definition) is 6. The van der Waals surface area contributed by atoms with E-state index in [4.69, 9.17) is 6.42 Å². The number of aromatic nitrogens is 2. The van der Waals surface area contributed by atoms with Crippen LogP contribution in [0.1, 0.15) is 48.0 Å². The number of aliphatic hydroxyl groups is 1. The normalized spacial score (nSPS) is 14.7. The summed E-state index contributed by atoms with van der Waals surface area (Å²) in [5.41, 5.74) is 3.28. The van der Waals surface area contributed by atoms with Crippen LogP contribution in [0, 0.1) is 23.7 Å². The standard InChI is InChI=1S/C20H19N5O2S/c1-2-19-24-18(12-28-19)25-20(27)23-17(11-26)16-8-7-14(10-22-16)15-6-4-3-5-13(15)9-21/h1,7-8,10,12,17,26H,3-6,11H2,(H2,23,25,27)/t17-/m0/s1. The van der Waals surface area contributed by atoms with Crippen LogP contribution < -0.4 is 10.6 Å². The fourth-order valence-corrected chi connectivity index (χ4v) is 3.61. The summed E-state index contributed by atoms with van der Waals surface area (Å²) in [6, 6.07) is 4.73. The summed E-state index contributed by atoms with van der Waals surface area (Å²) < 4.78 is 0. The Morgan fingerprint density at radius 3 is 2.86 bits per heavy atom. The maximum atomic E-state index is 12.2. The van der Waals surface area contributed by atoms with Gasteiger partial charge in [0, 0.05) is 17.2 Å². The van der Waals surface area contributed by atoms with Gasteiger partial charge in [-0.2, -0.15) is 5.26 Å². The maximum Gasteiger partial charge on any atom is 0.321 e. The van der Waals surface area contributed by atoms with Crippen LogP contribution in [0.25, 0.3) is 5.57 Å². The highest BCUT2D eigenvalue weighted by Gasteiger charge is 2.18. The van der Waals surface area contributed by atoms with Crippen LogP contribution in [0.2, 0.25) is 0 Å². The fraction of sp³-hybridized carbons (Fsp3) is 0.300. The summed E-state index contributed by atoms with van der Waals surface area (Å²) in [5.74, 6) is 2.75. The van der Waals surface area contributed by atoms with Gasteiger partial charge in [0.25, 0.3) is 0 Å². The number of nitrogens with one attached hydrogen (secondary N) is 2. The van der Waals surface area contributed by atoms with Crippen molar-refractivity contribution in [2.45, 2.75) is 31.7 Å². The second kappa shape index (κ2) is 9.14. The van der Waals surface area contributed by atoms with E-state index < -0.39 is 12.1 Å². The Bertz CT molecular complexity index is 966. The number of allylic oxidation sites excluding steroid dienone is 2. The Labute approximate surface area is 167 Å². The Kier molecular flexibility index (Phi) is 6.38. The molecule has 142 valence electrons. The van der Waals surface area contributed by atoms with Crippen molar-refractivity contribution in [2.24, 2.45) is 0 Å². The first-order chi connectivity index (χ1) is 13.6. The van der Waals surface area contributed by atoms with Crippen molar-refractivity contribution >= 4 is 28.8 Å². The molecule has 0 bridgehead atoms. The SMILES string of the molecule is C#Cc1nc(NC(=O)N[C@@H](CO)c2ccc(C3=C(C#N)CCCC3)cn2)cs1. The van der Waals surface area contributed by atoms with Gasteiger partial charge in [0.05, 0.1) is 24.4 Å². The number of nitriles is 1. The molecule has 0 unspecified atom stereocenters. The smallest absolute Gasteiger partial charge is 0.321 e. The summed E-state index contributed by atoms with van der Waals surface area (Å²) in [6.45, 7) is -0.307. The van der Waals surface area contributed by atoms with Gasteiger partial charge in [0.2, 0.25) is 0 Å². The molecule has 3 N–H and O–H groups in total. The second-order valence-corrected chi connectivity index (χ2v) is 7.12. The molecule has 1 atom stereocenters. The highest BCUT2D eigenvalue weighted by Crippen LogP contribution is 2.31. The molecule has 3 rings (SSSR count). The number of pyridine rings is 1. The van der Waals surface area contributed by atoms with Gasteiger partial charge < -0.3 is 10.4 Å². The molecule has 2 aromatic heterocycles. The first kappa shape index (κ1) is 19.6. The number of anilines is 1. The van der Waals surface area contributed by atoms with Gasteiger partial charge in [-0.15, -0.1) is 17.8 Å². The van der Waals surface area contributed by atoms with Gasteiger partial charge in [-0.1, -0.05) is 6.07 Å². The minimum atomic E-state index is -0.671. The van der Waals surface area contributed by atoms with Crippen molar-refractivity contribution in [1.29, 1.82) is 5.26 Å². The molecule has 1 aliphatic carbocycles. The number of urea groups is 1. The van der Waals surface area contributed by atoms with Gasteiger partial charge >= 0.3 is 6.03 Å². The van der Waals surface area contributed by atoms with Crippen LogP contribution in [0.5, 0.6) is 0 Å². The molecule has 8 heteroatoms. The number of hydrogen-bond donors (Lipinski definition) is 3. The zero-order chi connectivity index (χ0) is 19.9. The average Bonchev–Trinajstić information content (AvgIpc) is 3.19. The Morgan fingerprint density at radius 1 is 1.39 bits per heavy atom. The van der Waals surface area contributed by atoms with E-state index >= 15 is 0 Å². The zero-order valence-electron chi connectivity index (χ0n) is 15.1. The molecule has 0 saturated heterocycles. The van der Waals surface area contributed by atoms with E-state index in [0.29, 0.717) is 16.5 Å². The van der Waals surface area contributed by atoms with Crippen LogP contribution in [0.3, 0.4) is 0 Å². The van der Waals surface area contributed by atoms with Crippen molar-refractivity contribution < 1.29 is 9.90 Å². The molecule has 0 fully saturated rings. The van der Waals surface area contributed by atoms with Gasteiger partial charge in [-0.25, -0.2) is 9.78 Å². The lowest BCUT2D eigenvalue weighted by atomic mass is 9.88. The Morgan fingerprint density at radius 2 is 2.21 bits per heavy atom. The highest BCUT2D eigenvalue weighted by atomic mass is 32.1. The summed E-state index contributed by atoms with van der Waals surface area (Å²) in [5, 5.41) is 26.3. The third-order valence-corrected chi connectivity index (χ3v) is 5.23. The minimum Gasteiger partial charge on any atom is -0.394 e. The lowest BCUT2D eigenvalue weighted by molar-refractivity contribution is 0.224. The van der Waals surface area contributed by atoms with Crippen molar-refractivity contribution in [3.8, 4) is 18.4 Å². The molecule has 2 aromatic rings. The van der Waals surface area contributed by atoms with Gasteiger partial charge in [0.1, 0.15) is 5.82 Å². The van der Waals surface area contributed by atoms with E-state index in [1.807, 2.05) is 6.07 Å².